The molecule has 0 atom stereocenters. The monoisotopic (exact) mass is 268 g/mol. The number of aryl methyl sites for hydroxylation is 1. The molecule has 1 aromatic carbocycles. The van der Waals surface area contributed by atoms with Crippen LogP contribution in [0.1, 0.15) is 32.8 Å². The maximum Gasteiger partial charge on any atom is 0.225 e. The first kappa shape index (κ1) is 15.0. The summed E-state index contributed by atoms with van der Waals surface area (Å²) in [6, 6.07) is 5.52. The van der Waals surface area contributed by atoms with Crippen molar-refractivity contribution in [1.29, 1.82) is 0 Å². The molecule has 0 aromatic heterocycles. The highest BCUT2D eigenvalue weighted by Gasteiger charge is 2.09. The third-order valence-corrected chi connectivity index (χ3v) is 2.87. The number of hydrogen-bond donors (Lipinski definition) is 2. The first-order valence-electron chi connectivity index (χ1n) is 6.09. The van der Waals surface area contributed by atoms with E-state index in [4.69, 9.17) is 11.6 Å². The molecule has 4 heteroatoms. The summed E-state index contributed by atoms with van der Waals surface area (Å²) in [5.41, 5.74) is 1.78. The van der Waals surface area contributed by atoms with Crippen molar-refractivity contribution in [2.45, 2.75) is 39.7 Å². The zero-order valence-corrected chi connectivity index (χ0v) is 12.2. The fraction of sp³-hybridized carbons (Fsp3) is 0.500. The normalized spacial score (nSPS) is 11.4. The summed E-state index contributed by atoms with van der Waals surface area (Å²) >= 11 is 6.00. The zero-order valence-electron chi connectivity index (χ0n) is 11.4. The number of nitrogens with one attached hydrogen (secondary N) is 2. The minimum absolute atomic E-state index is 0.00771. The predicted octanol–water partition coefficient (Wildman–Crippen LogP) is 3.37. The number of hydrogen-bond acceptors (Lipinski definition) is 2. The second-order valence-corrected chi connectivity index (χ2v) is 5.85. The van der Waals surface area contributed by atoms with Gasteiger partial charge in [0, 0.05) is 29.2 Å². The van der Waals surface area contributed by atoms with E-state index in [0.29, 0.717) is 18.0 Å². The molecule has 1 amide bonds. The van der Waals surface area contributed by atoms with Crippen molar-refractivity contribution in [3.63, 3.8) is 0 Å². The van der Waals surface area contributed by atoms with E-state index < -0.39 is 0 Å². The van der Waals surface area contributed by atoms with Gasteiger partial charge >= 0.3 is 0 Å². The molecule has 0 unspecified atom stereocenters. The summed E-state index contributed by atoms with van der Waals surface area (Å²) in [5.74, 6) is -0.00771. The van der Waals surface area contributed by atoms with E-state index in [9.17, 15) is 4.79 Å². The smallest absolute Gasteiger partial charge is 0.225 e. The second kappa shape index (κ2) is 6.21. The molecule has 0 aliphatic rings. The Bertz CT molecular complexity index is 424. The lowest BCUT2D eigenvalue weighted by atomic mass is 10.1. The van der Waals surface area contributed by atoms with E-state index in [1.165, 1.54) is 0 Å². The second-order valence-electron chi connectivity index (χ2n) is 5.44. The van der Waals surface area contributed by atoms with Crippen LogP contribution in [0.15, 0.2) is 18.2 Å². The molecular weight excluding hydrogens is 248 g/mol. The van der Waals surface area contributed by atoms with Gasteiger partial charge in [0.25, 0.3) is 0 Å². The van der Waals surface area contributed by atoms with Crippen molar-refractivity contribution >= 4 is 23.2 Å². The summed E-state index contributed by atoms with van der Waals surface area (Å²) in [6.07, 6.45) is 0.447. The van der Waals surface area contributed by atoms with Gasteiger partial charge in [-0.1, -0.05) is 17.7 Å². The van der Waals surface area contributed by atoms with Gasteiger partial charge in [0.1, 0.15) is 0 Å². The molecule has 100 valence electrons. The lowest BCUT2D eigenvalue weighted by molar-refractivity contribution is -0.116. The van der Waals surface area contributed by atoms with E-state index in [2.05, 4.69) is 31.4 Å². The molecule has 0 spiro atoms. The first-order chi connectivity index (χ1) is 8.28. The topological polar surface area (TPSA) is 41.1 Å². The lowest BCUT2D eigenvalue weighted by Gasteiger charge is -2.20. The Morgan fingerprint density at radius 2 is 2.00 bits per heavy atom. The molecule has 0 bridgehead atoms. The number of benzene rings is 1. The number of amides is 1. The van der Waals surface area contributed by atoms with Gasteiger partial charge < -0.3 is 10.6 Å². The Hall–Kier alpha value is -1.06. The highest BCUT2D eigenvalue weighted by molar-refractivity contribution is 6.31. The maximum absolute atomic E-state index is 11.7. The van der Waals surface area contributed by atoms with Gasteiger partial charge in [-0.3, -0.25) is 4.79 Å². The van der Waals surface area contributed by atoms with E-state index >= 15 is 0 Å². The van der Waals surface area contributed by atoms with Crippen LogP contribution in [0, 0.1) is 6.92 Å². The molecule has 3 nitrogen and oxygen atoms in total. The molecule has 0 heterocycles. The summed E-state index contributed by atoms with van der Waals surface area (Å²) in [5, 5.41) is 6.77. The highest BCUT2D eigenvalue weighted by atomic mass is 35.5. The van der Waals surface area contributed by atoms with Crippen molar-refractivity contribution in [3.05, 3.63) is 28.8 Å². The SMILES string of the molecule is Cc1ccc(NC(=O)CCNC(C)(C)C)cc1Cl. The van der Waals surface area contributed by atoms with E-state index in [-0.39, 0.29) is 11.4 Å². The lowest BCUT2D eigenvalue weighted by Crippen LogP contribution is -2.37. The van der Waals surface area contributed by atoms with Gasteiger partial charge in [-0.25, -0.2) is 0 Å². The van der Waals surface area contributed by atoms with Gasteiger partial charge in [0.2, 0.25) is 5.91 Å². The van der Waals surface area contributed by atoms with Crippen LogP contribution in [0.25, 0.3) is 0 Å². The van der Waals surface area contributed by atoms with Crippen LogP contribution in [0.5, 0.6) is 0 Å². The molecule has 18 heavy (non-hydrogen) atoms. The van der Waals surface area contributed by atoms with Crippen molar-refractivity contribution in [2.75, 3.05) is 11.9 Å². The first-order valence-corrected chi connectivity index (χ1v) is 6.47. The summed E-state index contributed by atoms with van der Waals surface area (Å²) < 4.78 is 0. The number of carbonyl (C=O) groups is 1. The average Bonchev–Trinajstić information content (AvgIpc) is 2.21. The van der Waals surface area contributed by atoms with Crippen molar-refractivity contribution in [1.82, 2.24) is 5.32 Å². The van der Waals surface area contributed by atoms with Crippen LogP contribution in [0.2, 0.25) is 5.02 Å². The van der Waals surface area contributed by atoms with Gasteiger partial charge in [-0.05, 0) is 45.4 Å². The molecule has 0 saturated carbocycles. The Balaban J connectivity index is 2.42. The molecule has 2 N–H and O–H groups in total. The number of halogens is 1. The predicted molar refractivity (Wildman–Crippen MR) is 77.2 cm³/mol. The third kappa shape index (κ3) is 5.52. The van der Waals surface area contributed by atoms with Gasteiger partial charge in [-0.2, -0.15) is 0 Å². The standard InChI is InChI=1S/C14H21ClN2O/c1-10-5-6-11(9-12(10)15)17-13(18)7-8-16-14(2,3)4/h5-6,9,16H,7-8H2,1-4H3,(H,17,18). The molecule has 0 radical (unpaired) electrons. The van der Waals surface area contributed by atoms with Crippen LogP contribution in [-0.2, 0) is 4.79 Å². The Morgan fingerprint density at radius 1 is 1.33 bits per heavy atom. The summed E-state index contributed by atoms with van der Waals surface area (Å²) in [6.45, 7) is 8.82. The number of anilines is 1. The summed E-state index contributed by atoms with van der Waals surface area (Å²) in [7, 11) is 0. The third-order valence-electron chi connectivity index (χ3n) is 2.46. The van der Waals surface area contributed by atoms with Crippen LogP contribution < -0.4 is 10.6 Å². The molecule has 0 aliphatic carbocycles. The minimum Gasteiger partial charge on any atom is -0.326 e. The fourth-order valence-electron chi connectivity index (χ4n) is 1.45. The van der Waals surface area contributed by atoms with Crippen LogP contribution in [0.4, 0.5) is 5.69 Å². The Labute approximate surface area is 114 Å². The van der Waals surface area contributed by atoms with Crippen molar-refractivity contribution < 1.29 is 4.79 Å². The minimum atomic E-state index is -0.00771. The van der Waals surface area contributed by atoms with Crippen molar-refractivity contribution in [3.8, 4) is 0 Å². The molecule has 0 fully saturated rings. The molecular formula is C14H21ClN2O. The highest BCUT2D eigenvalue weighted by Crippen LogP contribution is 2.19. The zero-order chi connectivity index (χ0) is 13.8. The van der Waals surface area contributed by atoms with Crippen LogP contribution >= 0.6 is 11.6 Å². The van der Waals surface area contributed by atoms with Gasteiger partial charge in [0.05, 0.1) is 0 Å². The van der Waals surface area contributed by atoms with Crippen molar-refractivity contribution in [2.24, 2.45) is 0 Å². The van der Waals surface area contributed by atoms with E-state index in [1.54, 1.807) is 6.07 Å². The van der Waals surface area contributed by atoms with E-state index in [0.717, 1.165) is 11.3 Å². The largest absolute Gasteiger partial charge is 0.326 e. The quantitative estimate of drug-likeness (QED) is 0.879. The molecule has 0 saturated heterocycles. The van der Waals surface area contributed by atoms with Crippen LogP contribution in [0.3, 0.4) is 0 Å². The van der Waals surface area contributed by atoms with Gasteiger partial charge in [0.15, 0.2) is 0 Å². The van der Waals surface area contributed by atoms with E-state index in [1.807, 2.05) is 19.1 Å². The average molecular weight is 269 g/mol. The Kier molecular flexibility index (Phi) is 5.17. The van der Waals surface area contributed by atoms with Gasteiger partial charge in [-0.15, -0.1) is 0 Å². The summed E-state index contributed by atoms with van der Waals surface area (Å²) in [4.78, 5) is 11.7. The molecule has 0 aliphatic heterocycles. The number of rotatable bonds is 4. The fourth-order valence-corrected chi connectivity index (χ4v) is 1.63. The Morgan fingerprint density at radius 3 is 2.56 bits per heavy atom. The molecule has 1 rings (SSSR count). The maximum atomic E-state index is 11.7. The molecule has 1 aromatic rings. The van der Waals surface area contributed by atoms with Crippen LogP contribution in [-0.4, -0.2) is 18.0 Å². The number of carbonyl (C=O) groups excluding carboxylic acids is 1.